The summed E-state index contributed by atoms with van der Waals surface area (Å²) in [7, 11) is 5.25. The lowest BCUT2D eigenvalue weighted by atomic mass is 9.88. The van der Waals surface area contributed by atoms with Crippen molar-refractivity contribution in [3.05, 3.63) is 23.8 Å². The summed E-state index contributed by atoms with van der Waals surface area (Å²) < 4.78 is 15.8. The van der Waals surface area contributed by atoms with Gasteiger partial charge in [0, 0.05) is 6.07 Å². The molecule has 1 saturated heterocycles. The first-order chi connectivity index (χ1) is 7.74. The highest BCUT2D eigenvalue weighted by Crippen LogP contribution is 2.34. The van der Waals surface area contributed by atoms with E-state index < -0.39 is 0 Å². The zero-order chi connectivity index (χ0) is 11.6. The Bertz CT molecular complexity index is 347. The summed E-state index contributed by atoms with van der Waals surface area (Å²) in [5.74, 6) is 1.60. The number of methoxy groups -OCH3 is 2. The van der Waals surface area contributed by atoms with Crippen LogP contribution in [0.4, 0.5) is 0 Å². The van der Waals surface area contributed by atoms with Gasteiger partial charge in [0.25, 0.3) is 0 Å². The molecule has 1 aromatic rings. The van der Waals surface area contributed by atoms with Gasteiger partial charge in [-0.25, -0.2) is 0 Å². The van der Waals surface area contributed by atoms with Crippen LogP contribution in [0.15, 0.2) is 18.2 Å². The van der Waals surface area contributed by atoms with Gasteiger partial charge in [0.2, 0.25) is 0 Å². The molecule has 1 heterocycles. The van der Waals surface area contributed by atoms with Gasteiger partial charge < -0.3 is 19.5 Å². The van der Waals surface area contributed by atoms with Crippen molar-refractivity contribution in [1.29, 1.82) is 0 Å². The van der Waals surface area contributed by atoms with E-state index in [-0.39, 0.29) is 5.54 Å². The van der Waals surface area contributed by atoms with E-state index in [1.165, 1.54) is 0 Å². The minimum atomic E-state index is -0.0954. The average molecular weight is 223 g/mol. The van der Waals surface area contributed by atoms with Gasteiger partial charge in [-0.3, -0.25) is 0 Å². The van der Waals surface area contributed by atoms with E-state index in [0.717, 1.165) is 17.1 Å². The molecular formula is C12H17NO3. The zero-order valence-corrected chi connectivity index (χ0v) is 9.87. The summed E-state index contributed by atoms with van der Waals surface area (Å²) in [4.78, 5) is 0. The molecule has 1 aliphatic rings. The molecule has 0 aliphatic carbocycles. The average Bonchev–Trinajstić information content (AvgIpc) is 2.28. The number of hydrogen-bond acceptors (Lipinski definition) is 4. The van der Waals surface area contributed by atoms with Gasteiger partial charge in [-0.2, -0.15) is 0 Å². The van der Waals surface area contributed by atoms with Crippen molar-refractivity contribution in [3.63, 3.8) is 0 Å². The van der Waals surface area contributed by atoms with Crippen LogP contribution in [0.3, 0.4) is 0 Å². The third kappa shape index (κ3) is 1.74. The first-order valence-electron chi connectivity index (χ1n) is 5.24. The molecule has 1 N–H and O–H groups in total. The normalized spacial score (nSPS) is 17.7. The maximum Gasteiger partial charge on any atom is 0.122 e. The number of ether oxygens (including phenoxy) is 3. The molecule has 88 valence electrons. The maximum atomic E-state index is 5.29. The van der Waals surface area contributed by atoms with Crippen molar-refractivity contribution in [2.45, 2.75) is 5.54 Å². The molecular weight excluding hydrogens is 206 g/mol. The summed E-state index contributed by atoms with van der Waals surface area (Å²) in [6, 6.07) is 5.90. The summed E-state index contributed by atoms with van der Waals surface area (Å²) >= 11 is 0. The molecule has 0 amide bonds. The van der Waals surface area contributed by atoms with E-state index >= 15 is 0 Å². The lowest BCUT2D eigenvalue weighted by Gasteiger charge is -2.41. The quantitative estimate of drug-likeness (QED) is 0.831. The van der Waals surface area contributed by atoms with Crippen LogP contribution >= 0.6 is 0 Å². The lowest BCUT2D eigenvalue weighted by molar-refractivity contribution is -0.0749. The van der Waals surface area contributed by atoms with Crippen LogP contribution in [0.5, 0.6) is 11.5 Å². The maximum absolute atomic E-state index is 5.29. The largest absolute Gasteiger partial charge is 0.497 e. The third-order valence-electron chi connectivity index (χ3n) is 3.08. The number of rotatable bonds is 4. The Balaban J connectivity index is 2.39. The van der Waals surface area contributed by atoms with Crippen molar-refractivity contribution >= 4 is 0 Å². The van der Waals surface area contributed by atoms with Crippen LogP contribution in [0.2, 0.25) is 0 Å². The van der Waals surface area contributed by atoms with Crippen molar-refractivity contribution < 1.29 is 14.2 Å². The summed E-state index contributed by atoms with van der Waals surface area (Å²) in [6.45, 7) is 1.36. The van der Waals surface area contributed by atoms with E-state index in [1.54, 1.807) is 14.2 Å². The number of hydrogen-bond donors (Lipinski definition) is 1. The summed E-state index contributed by atoms with van der Waals surface area (Å²) in [6.07, 6.45) is 0. The monoisotopic (exact) mass is 223 g/mol. The molecule has 0 spiro atoms. The fourth-order valence-corrected chi connectivity index (χ4v) is 1.85. The van der Waals surface area contributed by atoms with Crippen LogP contribution in [0.25, 0.3) is 0 Å². The fourth-order valence-electron chi connectivity index (χ4n) is 1.85. The molecule has 1 aromatic carbocycles. The van der Waals surface area contributed by atoms with Gasteiger partial charge in [-0.1, -0.05) is 0 Å². The fraction of sp³-hybridized carbons (Fsp3) is 0.500. The summed E-state index contributed by atoms with van der Waals surface area (Å²) in [5, 5.41) is 3.30. The van der Waals surface area contributed by atoms with Gasteiger partial charge in [-0.05, 0) is 24.7 Å². The Morgan fingerprint density at radius 2 is 1.69 bits per heavy atom. The topological polar surface area (TPSA) is 39.7 Å². The predicted molar refractivity (Wildman–Crippen MR) is 61.1 cm³/mol. The molecule has 4 nitrogen and oxygen atoms in total. The van der Waals surface area contributed by atoms with Crippen LogP contribution in [-0.2, 0) is 10.3 Å². The molecule has 0 saturated carbocycles. The van der Waals surface area contributed by atoms with E-state index in [2.05, 4.69) is 5.32 Å². The second-order valence-corrected chi connectivity index (χ2v) is 3.93. The first kappa shape index (κ1) is 11.2. The molecule has 1 aliphatic heterocycles. The lowest BCUT2D eigenvalue weighted by Crippen LogP contribution is -2.56. The number of benzene rings is 1. The number of likely N-dealkylation sites (N-methyl/N-ethyl adjacent to an activating group) is 1. The highest BCUT2D eigenvalue weighted by molar-refractivity contribution is 5.42. The van der Waals surface area contributed by atoms with E-state index in [0.29, 0.717) is 13.2 Å². The third-order valence-corrected chi connectivity index (χ3v) is 3.08. The van der Waals surface area contributed by atoms with Crippen LogP contribution in [0.1, 0.15) is 5.56 Å². The van der Waals surface area contributed by atoms with Gasteiger partial charge in [0.05, 0.1) is 33.0 Å². The van der Waals surface area contributed by atoms with E-state index in [1.807, 2.05) is 25.2 Å². The van der Waals surface area contributed by atoms with Crippen molar-refractivity contribution in [3.8, 4) is 11.5 Å². The molecule has 2 rings (SSSR count). The Labute approximate surface area is 95.5 Å². The van der Waals surface area contributed by atoms with Crippen molar-refractivity contribution in [2.24, 2.45) is 0 Å². The van der Waals surface area contributed by atoms with Crippen molar-refractivity contribution in [1.82, 2.24) is 5.32 Å². The second kappa shape index (κ2) is 4.31. The van der Waals surface area contributed by atoms with Crippen molar-refractivity contribution in [2.75, 3.05) is 34.5 Å². The highest BCUT2D eigenvalue weighted by atomic mass is 16.5. The molecule has 0 radical (unpaired) electrons. The first-order valence-corrected chi connectivity index (χ1v) is 5.24. The Kier molecular flexibility index (Phi) is 3.03. The molecule has 0 bridgehead atoms. The minimum Gasteiger partial charge on any atom is -0.497 e. The SMILES string of the molecule is CNC1(c2cc(OC)cc(OC)c2)COC1. The van der Waals surface area contributed by atoms with Crippen LogP contribution in [-0.4, -0.2) is 34.5 Å². The summed E-state index contributed by atoms with van der Waals surface area (Å²) in [5.41, 5.74) is 1.04. The van der Waals surface area contributed by atoms with Gasteiger partial charge in [-0.15, -0.1) is 0 Å². The van der Waals surface area contributed by atoms with Crippen LogP contribution in [0, 0.1) is 0 Å². The molecule has 0 unspecified atom stereocenters. The van der Waals surface area contributed by atoms with Gasteiger partial charge in [0.15, 0.2) is 0 Å². The Morgan fingerprint density at radius 1 is 1.12 bits per heavy atom. The molecule has 1 fully saturated rings. The Morgan fingerprint density at radius 3 is 2.00 bits per heavy atom. The molecule has 0 atom stereocenters. The zero-order valence-electron chi connectivity index (χ0n) is 9.87. The smallest absolute Gasteiger partial charge is 0.122 e. The van der Waals surface area contributed by atoms with Gasteiger partial charge in [0.1, 0.15) is 11.5 Å². The highest BCUT2D eigenvalue weighted by Gasteiger charge is 2.39. The second-order valence-electron chi connectivity index (χ2n) is 3.93. The van der Waals surface area contributed by atoms with E-state index in [9.17, 15) is 0 Å². The van der Waals surface area contributed by atoms with Crippen LogP contribution < -0.4 is 14.8 Å². The van der Waals surface area contributed by atoms with E-state index in [4.69, 9.17) is 14.2 Å². The predicted octanol–water partition coefficient (Wildman–Crippen LogP) is 1.15. The minimum absolute atomic E-state index is 0.0954. The standard InChI is InChI=1S/C12H17NO3/c1-13-12(7-16-8-12)9-4-10(14-2)6-11(5-9)15-3/h4-6,13H,7-8H2,1-3H3. The molecule has 0 aromatic heterocycles. The Hall–Kier alpha value is -1.26. The number of nitrogens with one attached hydrogen (secondary N) is 1. The molecule has 16 heavy (non-hydrogen) atoms. The molecule has 4 heteroatoms. The van der Waals surface area contributed by atoms with Gasteiger partial charge >= 0.3 is 0 Å².